The molecule has 0 saturated carbocycles. The summed E-state index contributed by atoms with van der Waals surface area (Å²) < 4.78 is 0. The third kappa shape index (κ3) is 2.92. The number of nitrogens with one attached hydrogen (secondary N) is 1. The summed E-state index contributed by atoms with van der Waals surface area (Å²) in [4.78, 5) is 2.59. The SMILES string of the molecule is NN1CCC(CN2CCNCC2)CC1. The molecule has 0 amide bonds. The van der Waals surface area contributed by atoms with Gasteiger partial charge in [-0.15, -0.1) is 0 Å². The first-order chi connectivity index (χ1) is 6.84. The van der Waals surface area contributed by atoms with Crippen molar-refractivity contribution in [2.45, 2.75) is 12.8 Å². The van der Waals surface area contributed by atoms with E-state index in [4.69, 9.17) is 5.84 Å². The highest BCUT2D eigenvalue weighted by Crippen LogP contribution is 2.16. The van der Waals surface area contributed by atoms with Crippen molar-refractivity contribution in [3.8, 4) is 0 Å². The van der Waals surface area contributed by atoms with Gasteiger partial charge >= 0.3 is 0 Å². The monoisotopic (exact) mass is 198 g/mol. The minimum Gasteiger partial charge on any atom is -0.314 e. The number of hydrogen-bond acceptors (Lipinski definition) is 4. The summed E-state index contributed by atoms with van der Waals surface area (Å²) in [5.74, 6) is 6.62. The fourth-order valence-corrected chi connectivity index (χ4v) is 2.39. The number of nitrogens with two attached hydrogens (primary N) is 1. The molecule has 2 heterocycles. The van der Waals surface area contributed by atoms with Crippen molar-refractivity contribution in [1.29, 1.82) is 0 Å². The van der Waals surface area contributed by atoms with E-state index in [0.717, 1.165) is 32.1 Å². The Kier molecular flexibility index (Phi) is 3.75. The first kappa shape index (κ1) is 10.4. The van der Waals surface area contributed by atoms with Crippen LogP contribution in [0.1, 0.15) is 12.8 Å². The second-order valence-corrected chi connectivity index (χ2v) is 4.53. The van der Waals surface area contributed by atoms with Crippen molar-refractivity contribution >= 4 is 0 Å². The molecule has 14 heavy (non-hydrogen) atoms. The number of piperidine rings is 1. The quantitative estimate of drug-likeness (QED) is 0.586. The average Bonchev–Trinajstić information content (AvgIpc) is 2.23. The molecule has 2 aliphatic heterocycles. The van der Waals surface area contributed by atoms with Crippen molar-refractivity contribution in [3.05, 3.63) is 0 Å². The molecule has 4 nitrogen and oxygen atoms in total. The molecule has 2 fully saturated rings. The fraction of sp³-hybridized carbons (Fsp3) is 1.00. The summed E-state index contributed by atoms with van der Waals surface area (Å²) in [6, 6.07) is 0. The van der Waals surface area contributed by atoms with Crippen molar-refractivity contribution in [2.24, 2.45) is 11.8 Å². The molecule has 3 N–H and O–H groups in total. The van der Waals surface area contributed by atoms with Gasteiger partial charge in [0.05, 0.1) is 0 Å². The molecule has 0 aromatic heterocycles. The Morgan fingerprint density at radius 3 is 2.36 bits per heavy atom. The second kappa shape index (κ2) is 5.07. The van der Waals surface area contributed by atoms with E-state index in [0.29, 0.717) is 0 Å². The normalized spacial score (nSPS) is 28.1. The van der Waals surface area contributed by atoms with Crippen LogP contribution >= 0.6 is 0 Å². The van der Waals surface area contributed by atoms with E-state index >= 15 is 0 Å². The van der Waals surface area contributed by atoms with Crippen molar-refractivity contribution in [3.63, 3.8) is 0 Å². The summed E-state index contributed by atoms with van der Waals surface area (Å²) in [6.45, 7) is 8.22. The van der Waals surface area contributed by atoms with E-state index in [2.05, 4.69) is 10.2 Å². The van der Waals surface area contributed by atoms with Crippen LogP contribution in [0.5, 0.6) is 0 Å². The minimum atomic E-state index is 0.882. The van der Waals surface area contributed by atoms with Gasteiger partial charge in [-0.1, -0.05) is 0 Å². The van der Waals surface area contributed by atoms with Crippen molar-refractivity contribution in [1.82, 2.24) is 15.2 Å². The Morgan fingerprint density at radius 2 is 1.71 bits per heavy atom. The Bertz CT molecular complexity index is 160. The Balaban J connectivity index is 1.68. The summed E-state index contributed by atoms with van der Waals surface area (Å²) in [5, 5.41) is 5.34. The molecule has 2 saturated heterocycles. The van der Waals surface area contributed by atoms with Gasteiger partial charge < -0.3 is 10.2 Å². The van der Waals surface area contributed by atoms with E-state index in [9.17, 15) is 0 Å². The minimum absolute atomic E-state index is 0.882. The molecular formula is C10H22N4. The maximum Gasteiger partial charge on any atom is 0.0131 e. The van der Waals surface area contributed by atoms with E-state index in [1.165, 1.54) is 32.5 Å². The molecule has 0 spiro atoms. The van der Waals surface area contributed by atoms with Gasteiger partial charge in [0.25, 0.3) is 0 Å². The van der Waals surface area contributed by atoms with Crippen LogP contribution in [0.4, 0.5) is 0 Å². The first-order valence-corrected chi connectivity index (χ1v) is 5.77. The van der Waals surface area contributed by atoms with Crippen LogP contribution in [0.2, 0.25) is 0 Å². The first-order valence-electron chi connectivity index (χ1n) is 5.77. The molecule has 2 rings (SSSR count). The topological polar surface area (TPSA) is 44.5 Å². The number of hydrogen-bond donors (Lipinski definition) is 2. The van der Waals surface area contributed by atoms with Gasteiger partial charge in [-0.2, -0.15) is 0 Å². The van der Waals surface area contributed by atoms with Gasteiger partial charge in [-0.05, 0) is 18.8 Å². The van der Waals surface area contributed by atoms with Crippen LogP contribution < -0.4 is 11.2 Å². The zero-order valence-electron chi connectivity index (χ0n) is 8.91. The summed E-state index contributed by atoms with van der Waals surface area (Å²) >= 11 is 0. The van der Waals surface area contributed by atoms with Gasteiger partial charge in [-0.3, -0.25) is 5.84 Å². The highest BCUT2D eigenvalue weighted by atomic mass is 15.4. The van der Waals surface area contributed by atoms with Crippen LogP contribution in [-0.4, -0.2) is 55.7 Å². The van der Waals surface area contributed by atoms with Gasteiger partial charge in [-0.25, -0.2) is 5.01 Å². The van der Waals surface area contributed by atoms with E-state index in [1.54, 1.807) is 0 Å². The van der Waals surface area contributed by atoms with Crippen LogP contribution in [-0.2, 0) is 0 Å². The average molecular weight is 198 g/mol. The van der Waals surface area contributed by atoms with E-state index in [1.807, 2.05) is 5.01 Å². The molecule has 0 aromatic carbocycles. The number of rotatable bonds is 2. The Hall–Kier alpha value is -0.160. The summed E-state index contributed by atoms with van der Waals surface area (Å²) in [6.07, 6.45) is 2.56. The smallest absolute Gasteiger partial charge is 0.0131 e. The van der Waals surface area contributed by atoms with E-state index in [-0.39, 0.29) is 0 Å². The van der Waals surface area contributed by atoms with Crippen molar-refractivity contribution in [2.75, 3.05) is 45.8 Å². The molecule has 4 heteroatoms. The highest BCUT2D eigenvalue weighted by Gasteiger charge is 2.20. The zero-order chi connectivity index (χ0) is 9.80. The molecule has 0 unspecified atom stereocenters. The van der Waals surface area contributed by atoms with Crippen LogP contribution in [0.25, 0.3) is 0 Å². The summed E-state index contributed by atoms with van der Waals surface area (Å²) in [5.41, 5.74) is 0. The van der Waals surface area contributed by atoms with Crippen LogP contribution in [0, 0.1) is 5.92 Å². The lowest BCUT2D eigenvalue weighted by atomic mass is 9.97. The lowest BCUT2D eigenvalue weighted by molar-refractivity contribution is 0.137. The molecule has 0 atom stereocenters. The number of nitrogens with zero attached hydrogens (tertiary/aromatic N) is 2. The van der Waals surface area contributed by atoms with Crippen LogP contribution in [0.3, 0.4) is 0 Å². The highest BCUT2D eigenvalue weighted by molar-refractivity contribution is 4.75. The predicted octanol–water partition coefficient (Wildman–Crippen LogP) is -0.523. The summed E-state index contributed by atoms with van der Waals surface area (Å²) in [7, 11) is 0. The third-order valence-electron chi connectivity index (χ3n) is 3.38. The zero-order valence-corrected chi connectivity index (χ0v) is 8.91. The largest absolute Gasteiger partial charge is 0.314 e. The molecule has 0 bridgehead atoms. The Morgan fingerprint density at radius 1 is 1.07 bits per heavy atom. The van der Waals surface area contributed by atoms with Gasteiger partial charge in [0, 0.05) is 45.8 Å². The standard InChI is InChI=1S/C10H22N4/c11-14-5-1-10(2-6-14)9-13-7-3-12-4-8-13/h10,12H,1-9,11H2. The van der Waals surface area contributed by atoms with Gasteiger partial charge in [0.15, 0.2) is 0 Å². The second-order valence-electron chi connectivity index (χ2n) is 4.53. The van der Waals surface area contributed by atoms with Gasteiger partial charge in [0.2, 0.25) is 0 Å². The maximum absolute atomic E-state index is 5.74. The fourth-order valence-electron chi connectivity index (χ4n) is 2.39. The molecule has 2 aliphatic rings. The number of piperazine rings is 1. The van der Waals surface area contributed by atoms with Crippen LogP contribution in [0.15, 0.2) is 0 Å². The van der Waals surface area contributed by atoms with Crippen molar-refractivity contribution < 1.29 is 0 Å². The Labute approximate surface area is 86.4 Å². The molecule has 82 valence electrons. The van der Waals surface area contributed by atoms with Gasteiger partial charge in [0.1, 0.15) is 0 Å². The van der Waals surface area contributed by atoms with E-state index < -0.39 is 0 Å². The lowest BCUT2D eigenvalue weighted by Crippen LogP contribution is -2.47. The molecule has 0 aliphatic carbocycles. The molecule has 0 aromatic rings. The maximum atomic E-state index is 5.74. The molecule has 0 radical (unpaired) electrons. The molecular weight excluding hydrogens is 176 g/mol. The predicted molar refractivity (Wildman–Crippen MR) is 57.8 cm³/mol. The lowest BCUT2D eigenvalue weighted by Gasteiger charge is -2.34. The number of hydrazine groups is 1. The third-order valence-corrected chi connectivity index (χ3v) is 3.38.